The Bertz CT molecular complexity index is 1240. The van der Waals surface area contributed by atoms with E-state index in [2.05, 4.69) is 20.3 Å². The number of anilines is 2. The molecule has 180 valence electrons. The molecule has 3 rings (SSSR count). The van der Waals surface area contributed by atoms with E-state index in [0.29, 0.717) is 15.6 Å². The summed E-state index contributed by atoms with van der Waals surface area (Å²) in [4.78, 5) is 23.7. The summed E-state index contributed by atoms with van der Waals surface area (Å²) in [5, 5.41) is 23.2. The highest BCUT2D eigenvalue weighted by Crippen LogP contribution is 2.35. The number of nitrogens with zero attached hydrogens (tertiary/aromatic N) is 3. The highest BCUT2D eigenvalue weighted by atomic mass is 32.1. The molecule has 0 saturated heterocycles. The SMILES string of the molecule is Cc1cc(Nc2nccc(C(F)(F)F)n2)cc(-c2cnc(C(C)(O)/C=C/C(C)(C)C(=O)O)s2)c1. The molecule has 0 radical (unpaired) electrons. The summed E-state index contributed by atoms with van der Waals surface area (Å²) in [6.07, 6.45) is 0.842. The minimum absolute atomic E-state index is 0.189. The molecular weight excluding hydrogens is 469 g/mol. The Hall–Kier alpha value is -3.31. The summed E-state index contributed by atoms with van der Waals surface area (Å²) in [5.74, 6) is -1.21. The van der Waals surface area contributed by atoms with Gasteiger partial charge in [-0.1, -0.05) is 12.1 Å². The molecule has 0 fully saturated rings. The van der Waals surface area contributed by atoms with Gasteiger partial charge in [-0.15, -0.1) is 11.3 Å². The Morgan fingerprint density at radius 3 is 2.47 bits per heavy atom. The topological polar surface area (TPSA) is 108 Å². The van der Waals surface area contributed by atoms with Crippen molar-refractivity contribution in [3.05, 3.63) is 65.1 Å². The number of nitrogens with one attached hydrogen (secondary N) is 1. The van der Waals surface area contributed by atoms with Gasteiger partial charge in [0.15, 0.2) is 0 Å². The van der Waals surface area contributed by atoms with Gasteiger partial charge >= 0.3 is 12.1 Å². The van der Waals surface area contributed by atoms with Gasteiger partial charge in [-0.25, -0.2) is 15.0 Å². The number of carboxylic acid groups (broad SMARTS) is 1. The van der Waals surface area contributed by atoms with Crippen LogP contribution < -0.4 is 5.32 Å². The highest BCUT2D eigenvalue weighted by molar-refractivity contribution is 7.15. The van der Waals surface area contributed by atoms with Crippen LogP contribution in [0.1, 0.15) is 37.0 Å². The van der Waals surface area contributed by atoms with Gasteiger partial charge in [0, 0.05) is 18.1 Å². The van der Waals surface area contributed by atoms with Gasteiger partial charge in [-0.2, -0.15) is 13.2 Å². The average molecular weight is 493 g/mol. The van der Waals surface area contributed by atoms with E-state index in [1.54, 1.807) is 18.3 Å². The fourth-order valence-corrected chi connectivity index (χ4v) is 3.79. The van der Waals surface area contributed by atoms with Crippen molar-refractivity contribution in [2.45, 2.75) is 39.5 Å². The predicted octanol–water partition coefficient (Wildman–Crippen LogP) is 5.55. The number of aromatic nitrogens is 3. The first-order valence-corrected chi connectivity index (χ1v) is 10.9. The van der Waals surface area contributed by atoms with Gasteiger partial charge in [0.05, 0.1) is 10.3 Å². The standard InChI is InChI=1S/C23H23F3N4O3S/c1-13-9-14(11-15(10-13)29-20-27-8-5-17(30-20)23(24,25)26)16-12-28-18(34-16)22(4,33)7-6-21(2,3)19(31)32/h5-12,33H,1-4H3,(H,31,32)(H,27,29,30)/b7-6+. The van der Waals surface area contributed by atoms with Crippen LogP contribution >= 0.6 is 11.3 Å². The molecule has 1 aromatic carbocycles. The molecule has 0 saturated carbocycles. The lowest BCUT2D eigenvalue weighted by atomic mass is 9.91. The summed E-state index contributed by atoms with van der Waals surface area (Å²) in [5.41, 5.74) is -1.66. The molecule has 1 unspecified atom stereocenters. The summed E-state index contributed by atoms with van der Waals surface area (Å²) in [6.45, 7) is 6.38. The monoisotopic (exact) mass is 492 g/mol. The Labute approximate surface area is 198 Å². The normalized spacial score (nSPS) is 14.2. The van der Waals surface area contributed by atoms with Crippen molar-refractivity contribution >= 4 is 28.9 Å². The average Bonchev–Trinajstić information content (AvgIpc) is 3.23. The number of carboxylic acids is 1. The zero-order valence-corrected chi connectivity index (χ0v) is 19.6. The molecule has 0 aliphatic rings. The van der Waals surface area contributed by atoms with Crippen molar-refractivity contribution in [1.29, 1.82) is 0 Å². The van der Waals surface area contributed by atoms with Gasteiger partial charge in [-0.3, -0.25) is 4.79 Å². The van der Waals surface area contributed by atoms with Crippen molar-refractivity contribution in [3.8, 4) is 10.4 Å². The van der Waals surface area contributed by atoms with Crippen LogP contribution in [0.2, 0.25) is 0 Å². The minimum atomic E-state index is -4.58. The summed E-state index contributed by atoms with van der Waals surface area (Å²) in [7, 11) is 0. The van der Waals surface area contributed by atoms with Crippen LogP contribution in [0.5, 0.6) is 0 Å². The summed E-state index contributed by atoms with van der Waals surface area (Å²) < 4.78 is 38.8. The van der Waals surface area contributed by atoms with Crippen LogP contribution in [0, 0.1) is 12.3 Å². The van der Waals surface area contributed by atoms with E-state index in [4.69, 9.17) is 0 Å². The number of halogens is 3. The third-order valence-electron chi connectivity index (χ3n) is 4.88. The zero-order valence-electron chi connectivity index (χ0n) is 18.8. The van der Waals surface area contributed by atoms with Gasteiger partial charge in [-0.05, 0) is 63.1 Å². The molecule has 0 spiro atoms. The van der Waals surface area contributed by atoms with E-state index in [1.165, 1.54) is 44.3 Å². The van der Waals surface area contributed by atoms with Crippen LogP contribution in [-0.2, 0) is 16.6 Å². The number of aliphatic carboxylic acids is 1. The number of benzene rings is 1. The molecule has 0 aliphatic heterocycles. The maximum absolute atomic E-state index is 12.9. The number of hydrogen-bond acceptors (Lipinski definition) is 7. The predicted molar refractivity (Wildman–Crippen MR) is 123 cm³/mol. The van der Waals surface area contributed by atoms with E-state index in [0.717, 1.165) is 23.4 Å². The van der Waals surface area contributed by atoms with Gasteiger partial charge in [0.2, 0.25) is 5.95 Å². The van der Waals surface area contributed by atoms with E-state index in [-0.39, 0.29) is 5.95 Å². The molecule has 3 aromatic rings. The second kappa shape index (κ2) is 9.15. The Balaban J connectivity index is 1.87. The maximum atomic E-state index is 12.9. The third-order valence-corrected chi connectivity index (χ3v) is 6.15. The van der Waals surface area contributed by atoms with Crippen LogP contribution in [-0.4, -0.2) is 31.1 Å². The van der Waals surface area contributed by atoms with Crippen molar-refractivity contribution < 1.29 is 28.2 Å². The molecule has 11 heteroatoms. The fourth-order valence-electron chi connectivity index (χ4n) is 2.86. The Morgan fingerprint density at radius 1 is 1.12 bits per heavy atom. The van der Waals surface area contributed by atoms with Crippen LogP contribution in [0.4, 0.5) is 24.8 Å². The first-order chi connectivity index (χ1) is 15.7. The number of thiazole rings is 1. The molecule has 7 nitrogen and oxygen atoms in total. The van der Waals surface area contributed by atoms with Crippen LogP contribution in [0.25, 0.3) is 10.4 Å². The summed E-state index contributed by atoms with van der Waals surface area (Å²) >= 11 is 1.21. The second-order valence-electron chi connectivity index (χ2n) is 8.51. The highest BCUT2D eigenvalue weighted by Gasteiger charge is 2.33. The van der Waals surface area contributed by atoms with E-state index in [9.17, 15) is 28.2 Å². The fraction of sp³-hybridized carbons (Fsp3) is 0.304. The molecule has 2 aromatic heterocycles. The smallest absolute Gasteiger partial charge is 0.433 e. The Morgan fingerprint density at radius 2 is 1.82 bits per heavy atom. The van der Waals surface area contributed by atoms with E-state index in [1.807, 2.05) is 13.0 Å². The molecular formula is C23H23F3N4O3S. The van der Waals surface area contributed by atoms with Crippen molar-refractivity contribution in [2.24, 2.45) is 5.41 Å². The number of carbonyl (C=O) groups is 1. The lowest BCUT2D eigenvalue weighted by Gasteiger charge is -2.19. The van der Waals surface area contributed by atoms with Crippen LogP contribution in [0.15, 0.2) is 48.8 Å². The molecule has 0 amide bonds. The molecule has 34 heavy (non-hydrogen) atoms. The van der Waals surface area contributed by atoms with E-state index >= 15 is 0 Å². The van der Waals surface area contributed by atoms with Crippen molar-refractivity contribution in [1.82, 2.24) is 15.0 Å². The second-order valence-corrected chi connectivity index (χ2v) is 9.54. The number of rotatable bonds is 7. The van der Waals surface area contributed by atoms with Crippen molar-refractivity contribution in [2.75, 3.05) is 5.32 Å². The Kier molecular flexibility index (Phi) is 6.81. The molecule has 3 N–H and O–H groups in total. The summed E-state index contributed by atoms with van der Waals surface area (Å²) in [6, 6.07) is 6.12. The lowest BCUT2D eigenvalue weighted by Crippen LogP contribution is -2.24. The third kappa shape index (κ3) is 5.97. The minimum Gasteiger partial charge on any atom is -0.481 e. The van der Waals surface area contributed by atoms with Gasteiger partial charge < -0.3 is 15.5 Å². The first-order valence-electron chi connectivity index (χ1n) is 10.1. The number of hydrogen-bond donors (Lipinski definition) is 3. The molecule has 0 aliphatic carbocycles. The largest absolute Gasteiger partial charge is 0.481 e. The van der Waals surface area contributed by atoms with Gasteiger partial charge in [0.25, 0.3) is 0 Å². The van der Waals surface area contributed by atoms with E-state index < -0.39 is 28.9 Å². The quantitative estimate of drug-likeness (QED) is 0.371. The number of alkyl halides is 3. The lowest BCUT2D eigenvalue weighted by molar-refractivity contribution is -0.144. The zero-order chi connectivity index (χ0) is 25.3. The van der Waals surface area contributed by atoms with Gasteiger partial charge in [0.1, 0.15) is 16.3 Å². The maximum Gasteiger partial charge on any atom is 0.433 e. The van der Waals surface area contributed by atoms with Crippen molar-refractivity contribution in [3.63, 3.8) is 0 Å². The molecule has 1 atom stereocenters. The number of aryl methyl sites for hydroxylation is 1. The molecule has 2 heterocycles. The number of aliphatic hydroxyl groups is 1. The van der Waals surface area contributed by atoms with Crippen LogP contribution in [0.3, 0.4) is 0 Å². The molecule has 0 bridgehead atoms. The first kappa shape index (κ1) is 25.3.